The second-order valence-corrected chi connectivity index (χ2v) is 3.39. The first-order valence-electron chi connectivity index (χ1n) is 2.82. The van der Waals surface area contributed by atoms with Gasteiger partial charge in [-0.1, -0.05) is 0 Å². The molecule has 0 atom stereocenters. The summed E-state index contributed by atoms with van der Waals surface area (Å²) >= 11 is 0. The van der Waals surface area contributed by atoms with Crippen molar-refractivity contribution in [3.05, 3.63) is 18.2 Å². The number of hydrogen-bond donors (Lipinski definition) is 3. The highest BCUT2D eigenvalue weighted by atomic mass is 32.2. The third-order valence-electron chi connectivity index (χ3n) is 1.16. The largest absolute Gasteiger partial charge is 0.506 e. The average molecular weight is 189 g/mol. The first kappa shape index (κ1) is 8.82. The first-order valence-corrected chi connectivity index (χ1v) is 4.26. The van der Waals surface area contributed by atoms with Crippen LogP contribution in [0.4, 0.5) is 0 Å². The molecule has 1 radical (unpaired) electrons. The van der Waals surface area contributed by atoms with Crippen LogP contribution in [0.5, 0.6) is 11.5 Å². The Labute approximate surface area is 68.6 Å². The maximum absolute atomic E-state index is 10.5. The Morgan fingerprint density at radius 3 is 1.83 bits per heavy atom. The summed E-state index contributed by atoms with van der Waals surface area (Å²) in [6.07, 6.45) is 0. The van der Waals surface area contributed by atoms with Gasteiger partial charge in [0.05, 0.1) is 0 Å². The molecule has 0 saturated carbocycles. The Balaban J connectivity index is 3.53. The molecule has 0 amide bonds. The first-order chi connectivity index (χ1) is 5.43. The Kier molecular flexibility index (Phi) is 1.95. The summed E-state index contributed by atoms with van der Waals surface area (Å²) in [4.78, 5) is -0.902. The lowest BCUT2D eigenvalue weighted by Gasteiger charge is -2.01. The molecule has 12 heavy (non-hydrogen) atoms. The van der Waals surface area contributed by atoms with Crippen molar-refractivity contribution >= 4 is 10.1 Å². The second-order valence-electron chi connectivity index (χ2n) is 2.03. The zero-order chi connectivity index (χ0) is 9.35. The monoisotopic (exact) mass is 189 g/mol. The van der Waals surface area contributed by atoms with Gasteiger partial charge in [-0.2, -0.15) is 8.42 Å². The van der Waals surface area contributed by atoms with Gasteiger partial charge in [0.25, 0.3) is 0 Å². The lowest BCUT2D eigenvalue weighted by Crippen LogP contribution is -1.98. The Bertz CT molecular complexity index is 374. The molecule has 1 rings (SSSR count). The van der Waals surface area contributed by atoms with Crippen molar-refractivity contribution in [3.8, 4) is 11.5 Å². The zero-order valence-corrected chi connectivity index (χ0v) is 6.54. The topological polar surface area (TPSA) is 94.8 Å². The van der Waals surface area contributed by atoms with Gasteiger partial charge in [0.1, 0.15) is 11.5 Å². The summed E-state index contributed by atoms with van der Waals surface area (Å²) in [6.45, 7) is 0. The molecule has 1 aromatic rings. The van der Waals surface area contributed by atoms with Crippen LogP contribution in [0, 0.1) is 6.07 Å². The van der Waals surface area contributed by atoms with Gasteiger partial charge in [-0.05, 0) is 18.2 Å². The van der Waals surface area contributed by atoms with E-state index in [1.807, 2.05) is 0 Å². The maximum Gasteiger partial charge on any atom is 0.301 e. The van der Waals surface area contributed by atoms with E-state index in [9.17, 15) is 8.42 Å². The fraction of sp³-hybridized carbons (Fsp3) is 0. The molecule has 65 valence electrons. The number of phenols is 2. The molecule has 0 aromatic heterocycles. The van der Waals surface area contributed by atoms with Crippen LogP contribution in [0.2, 0.25) is 0 Å². The smallest absolute Gasteiger partial charge is 0.301 e. The molecule has 0 aliphatic heterocycles. The third-order valence-corrected chi connectivity index (χ3v) is 2.10. The van der Waals surface area contributed by atoms with Gasteiger partial charge in [-0.15, -0.1) is 0 Å². The molecule has 0 fully saturated rings. The molecule has 0 heterocycles. The molecular formula is C6H5O5S. The fourth-order valence-electron chi connectivity index (χ4n) is 0.726. The molecule has 0 bridgehead atoms. The molecule has 3 N–H and O–H groups in total. The van der Waals surface area contributed by atoms with Crippen LogP contribution in [0.25, 0.3) is 0 Å². The highest BCUT2D eigenvalue weighted by Gasteiger charge is 2.19. The molecule has 6 heteroatoms. The average Bonchev–Trinajstić information content (AvgIpc) is 1.82. The molecule has 5 nitrogen and oxygen atoms in total. The van der Waals surface area contributed by atoms with E-state index in [4.69, 9.17) is 14.8 Å². The van der Waals surface area contributed by atoms with Crippen molar-refractivity contribution in [1.82, 2.24) is 0 Å². The number of hydrogen-bond acceptors (Lipinski definition) is 4. The van der Waals surface area contributed by atoms with Gasteiger partial charge < -0.3 is 10.2 Å². The predicted molar refractivity (Wildman–Crippen MR) is 38.4 cm³/mol. The van der Waals surface area contributed by atoms with Gasteiger partial charge in [0, 0.05) is 0 Å². The van der Waals surface area contributed by atoms with E-state index in [2.05, 4.69) is 6.07 Å². The van der Waals surface area contributed by atoms with E-state index in [1.54, 1.807) is 0 Å². The van der Waals surface area contributed by atoms with Gasteiger partial charge in [0.2, 0.25) is 0 Å². The van der Waals surface area contributed by atoms with Crippen LogP contribution in [-0.4, -0.2) is 23.2 Å². The van der Waals surface area contributed by atoms with E-state index in [1.165, 1.54) is 0 Å². The number of aromatic hydroxyl groups is 2. The van der Waals surface area contributed by atoms with Crippen molar-refractivity contribution in [2.24, 2.45) is 0 Å². The van der Waals surface area contributed by atoms with E-state index >= 15 is 0 Å². The van der Waals surface area contributed by atoms with Gasteiger partial charge in [0.15, 0.2) is 4.90 Å². The minimum Gasteiger partial charge on any atom is -0.506 e. The van der Waals surface area contributed by atoms with Crippen LogP contribution in [0.1, 0.15) is 0 Å². The number of benzene rings is 1. The summed E-state index contributed by atoms with van der Waals surface area (Å²) in [7, 11) is -4.58. The zero-order valence-electron chi connectivity index (χ0n) is 5.72. The standard InChI is InChI=1S/C6H5O5S/c7-4-2-1-3-5(8)6(4)12(9,10)11/h2-3,7-8H,(H,9,10,11). The SMILES string of the molecule is O=S(=O)(O)c1c(O)c[c]cc1O. The second kappa shape index (κ2) is 2.65. The molecule has 0 aliphatic carbocycles. The van der Waals surface area contributed by atoms with Gasteiger partial charge >= 0.3 is 10.1 Å². The molecule has 0 unspecified atom stereocenters. The normalized spacial score (nSPS) is 11.4. The molecule has 0 spiro atoms. The number of rotatable bonds is 1. The van der Waals surface area contributed by atoms with E-state index < -0.39 is 26.5 Å². The highest BCUT2D eigenvalue weighted by molar-refractivity contribution is 7.86. The van der Waals surface area contributed by atoms with E-state index in [0.717, 1.165) is 12.1 Å². The van der Waals surface area contributed by atoms with Crippen LogP contribution in [-0.2, 0) is 10.1 Å². The van der Waals surface area contributed by atoms with Crippen molar-refractivity contribution in [1.29, 1.82) is 0 Å². The summed E-state index contributed by atoms with van der Waals surface area (Å²) in [5.41, 5.74) is 0. The van der Waals surface area contributed by atoms with Crippen molar-refractivity contribution in [2.45, 2.75) is 4.90 Å². The quantitative estimate of drug-likeness (QED) is 0.546. The summed E-state index contributed by atoms with van der Waals surface area (Å²) in [5, 5.41) is 17.8. The highest BCUT2D eigenvalue weighted by Crippen LogP contribution is 2.30. The molecule has 0 aliphatic rings. The Morgan fingerprint density at radius 1 is 1.17 bits per heavy atom. The van der Waals surface area contributed by atoms with Crippen molar-refractivity contribution in [3.63, 3.8) is 0 Å². The number of phenolic OH excluding ortho intramolecular Hbond substituents is 2. The lowest BCUT2D eigenvalue weighted by atomic mass is 10.3. The Morgan fingerprint density at radius 2 is 1.58 bits per heavy atom. The minimum absolute atomic E-state index is 0.738. The lowest BCUT2D eigenvalue weighted by molar-refractivity contribution is 0.410. The molecular weight excluding hydrogens is 184 g/mol. The van der Waals surface area contributed by atoms with Gasteiger partial charge in [-0.3, -0.25) is 4.55 Å². The van der Waals surface area contributed by atoms with Crippen LogP contribution >= 0.6 is 0 Å². The molecule has 1 aromatic carbocycles. The van der Waals surface area contributed by atoms with E-state index in [-0.39, 0.29) is 0 Å². The summed E-state index contributed by atoms with van der Waals surface area (Å²) in [6, 6.07) is 4.10. The Hall–Kier alpha value is -1.27. The maximum atomic E-state index is 10.5. The summed E-state index contributed by atoms with van der Waals surface area (Å²) < 4.78 is 29.5. The molecule has 0 saturated heterocycles. The van der Waals surface area contributed by atoms with Crippen LogP contribution < -0.4 is 0 Å². The van der Waals surface area contributed by atoms with Crippen molar-refractivity contribution < 1.29 is 23.2 Å². The van der Waals surface area contributed by atoms with Gasteiger partial charge in [-0.25, -0.2) is 0 Å². The van der Waals surface area contributed by atoms with E-state index in [0.29, 0.717) is 0 Å². The predicted octanol–water partition coefficient (Wildman–Crippen LogP) is 0.145. The van der Waals surface area contributed by atoms with Crippen molar-refractivity contribution in [2.75, 3.05) is 0 Å². The van der Waals surface area contributed by atoms with Crippen LogP contribution in [0.15, 0.2) is 17.0 Å². The third kappa shape index (κ3) is 1.49. The minimum atomic E-state index is -4.58. The van der Waals surface area contributed by atoms with Crippen LogP contribution in [0.3, 0.4) is 0 Å². The summed E-state index contributed by atoms with van der Waals surface area (Å²) in [5.74, 6) is -1.48. The fourth-order valence-corrected chi connectivity index (χ4v) is 1.37.